The van der Waals surface area contributed by atoms with Gasteiger partial charge in [0.25, 0.3) is 0 Å². The van der Waals surface area contributed by atoms with E-state index in [2.05, 4.69) is 0 Å². The molecule has 0 bridgehead atoms. The van der Waals surface area contributed by atoms with Crippen molar-refractivity contribution in [2.75, 3.05) is 0 Å². The molecule has 0 saturated heterocycles. The summed E-state index contributed by atoms with van der Waals surface area (Å²) in [4.78, 5) is 0. The van der Waals surface area contributed by atoms with Crippen LogP contribution in [0.5, 0.6) is 0 Å². The molecule has 18 heavy (non-hydrogen) atoms. The van der Waals surface area contributed by atoms with Gasteiger partial charge in [0.05, 0.1) is 25.1 Å². The Hall–Kier alpha value is 1.32. The molecule has 1 aromatic rings. The summed E-state index contributed by atoms with van der Waals surface area (Å²) in [5.74, 6) is 0. The summed E-state index contributed by atoms with van der Waals surface area (Å²) in [5, 5.41) is -0.000499. The molecule has 0 aliphatic heterocycles. The molecule has 0 unspecified atom stereocenters. The Balaban J connectivity index is 0.00000289. The number of hydrogen-bond donors (Lipinski definition) is 0. The Labute approximate surface area is 151 Å². The third kappa shape index (κ3) is 4.70. The van der Waals surface area contributed by atoms with Gasteiger partial charge in [-0.2, -0.15) is 0 Å². The maximum atomic E-state index is 10.4. The van der Waals surface area contributed by atoms with E-state index in [1.807, 2.05) is 0 Å². The van der Waals surface area contributed by atoms with Crippen LogP contribution in [0.2, 0.25) is 25.1 Å². The minimum atomic E-state index is -4.56. The first-order valence-corrected chi connectivity index (χ1v) is 7.16. The predicted octanol–water partition coefficient (Wildman–Crippen LogP) is 1.47. The van der Waals surface area contributed by atoms with E-state index < -0.39 is 10.1 Å². The first kappa shape index (κ1) is 19.3. The summed E-state index contributed by atoms with van der Waals surface area (Å²) in [6.07, 6.45) is 0.904. The van der Waals surface area contributed by atoms with Crippen LogP contribution >= 0.6 is 58.0 Å². The zero-order chi connectivity index (χ0) is 13.4. The molecule has 1 rings (SSSR count). The van der Waals surface area contributed by atoms with Crippen molar-refractivity contribution in [2.24, 2.45) is 0 Å². The SMILES string of the molecule is O=S(=O)([O-])/C=C/c1c(Cl)c(Cl)c(Cl)c(Cl)c1Cl.[Na+]. The molecule has 10 heteroatoms. The van der Waals surface area contributed by atoms with Crippen LogP contribution in [0.1, 0.15) is 5.56 Å². The molecule has 94 valence electrons. The zero-order valence-electron chi connectivity index (χ0n) is 8.68. The number of halogens is 5. The summed E-state index contributed by atoms with van der Waals surface area (Å²) < 4.78 is 31.3. The van der Waals surface area contributed by atoms with E-state index in [0.29, 0.717) is 5.41 Å². The van der Waals surface area contributed by atoms with Gasteiger partial charge < -0.3 is 4.55 Å². The Morgan fingerprint density at radius 3 is 1.50 bits per heavy atom. The normalized spacial score (nSPS) is 11.7. The third-order valence-corrected chi connectivity index (χ3v) is 4.42. The van der Waals surface area contributed by atoms with E-state index in [9.17, 15) is 13.0 Å². The van der Waals surface area contributed by atoms with Crippen molar-refractivity contribution in [3.63, 3.8) is 0 Å². The fraction of sp³-hybridized carbons (Fsp3) is 0. The molecule has 0 atom stereocenters. The maximum Gasteiger partial charge on any atom is 1.00 e. The minimum Gasteiger partial charge on any atom is -0.744 e. The largest absolute Gasteiger partial charge is 1.00 e. The Bertz CT molecular complexity index is 570. The van der Waals surface area contributed by atoms with Gasteiger partial charge in [-0.25, -0.2) is 8.42 Å². The molecule has 0 heterocycles. The smallest absolute Gasteiger partial charge is 0.744 e. The number of benzene rings is 1. The summed E-state index contributed by atoms with van der Waals surface area (Å²) in [6, 6.07) is 0. The molecule has 3 nitrogen and oxygen atoms in total. The van der Waals surface area contributed by atoms with E-state index in [4.69, 9.17) is 58.0 Å². The molecule has 1 aromatic carbocycles. The molecular weight excluding hydrogens is 376 g/mol. The summed E-state index contributed by atoms with van der Waals surface area (Å²) in [7, 11) is -4.56. The molecule has 0 fully saturated rings. The fourth-order valence-electron chi connectivity index (χ4n) is 0.920. The maximum absolute atomic E-state index is 10.4. The second-order valence-corrected chi connectivity index (χ2v) is 5.93. The number of rotatable bonds is 2. The zero-order valence-corrected chi connectivity index (χ0v) is 15.3. The van der Waals surface area contributed by atoms with Crippen molar-refractivity contribution >= 4 is 74.2 Å². The van der Waals surface area contributed by atoms with Crippen molar-refractivity contribution in [3.05, 3.63) is 36.1 Å². The molecule has 0 aliphatic rings. The molecular formula is C8H2Cl5NaO3S. The van der Waals surface area contributed by atoms with Crippen LogP contribution in [0.4, 0.5) is 0 Å². The van der Waals surface area contributed by atoms with Crippen molar-refractivity contribution in [2.45, 2.75) is 0 Å². The van der Waals surface area contributed by atoms with E-state index in [0.717, 1.165) is 6.08 Å². The van der Waals surface area contributed by atoms with E-state index >= 15 is 0 Å². The fourth-order valence-corrected chi connectivity index (χ4v) is 2.50. The number of hydrogen-bond acceptors (Lipinski definition) is 3. The van der Waals surface area contributed by atoms with Crippen LogP contribution in [-0.4, -0.2) is 13.0 Å². The minimum absolute atomic E-state index is 0. The third-order valence-electron chi connectivity index (χ3n) is 1.65. The molecule has 0 aromatic heterocycles. The molecule has 0 amide bonds. The molecule has 0 aliphatic carbocycles. The predicted molar refractivity (Wildman–Crippen MR) is 70.2 cm³/mol. The second-order valence-electron chi connectivity index (χ2n) is 2.78. The first-order valence-electron chi connectivity index (χ1n) is 3.80. The van der Waals surface area contributed by atoms with Crippen molar-refractivity contribution in [1.29, 1.82) is 0 Å². The van der Waals surface area contributed by atoms with Crippen LogP contribution < -0.4 is 29.6 Å². The van der Waals surface area contributed by atoms with Crippen LogP contribution in [0.3, 0.4) is 0 Å². The Morgan fingerprint density at radius 2 is 1.17 bits per heavy atom. The van der Waals surface area contributed by atoms with E-state index in [-0.39, 0.29) is 60.2 Å². The van der Waals surface area contributed by atoms with Gasteiger partial charge >= 0.3 is 29.6 Å². The van der Waals surface area contributed by atoms with Crippen molar-refractivity contribution in [3.8, 4) is 0 Å². The second kappa shape index (κ2) is 7.36. The van der Waals surface area contributed by atoms with Gasteiger partial charge in [-0.1, -0.05) is 58.0 Å². The quantitative estimate of drug-likeness (QED) is 0.339. The molecule has 0 N–H and O–H groups in total. The van der Waals surface area contributed by atoms with Crippen LogP contribution in [0, 0.1) is 0 Å². The molecule has 0 saturated carbocycles. The molecule has 0 spiro atoms. The molecule has 0 radical (unpaired) electrons. The van der Waals surface area contributed by atoms with E-state index in [1.165, 1.54) is 0 Å². The topological polar surface area (TPSA) is 57.2 Å². The van der Waals surface area contributed by atoms with Crippen molar-refractivity contribution in [1.82, 2.24) is 0 Å². The average Bonchev–Trinajstić information content (AvgIpc) is 2.22. The average molecular weight is 378 g/mol. The van der Waals surface area contributed by atoms with Gasteiger partial charge in [-0.15, -0.1) is 0 Å². The standard InChI is InChI=1S/C8H3Cl5O3S.Na/c9-4-3(1-2-17(14,15)16)5(10)7(12)8(13)6(4)11;/h1-2H,(H,14,15,16);/q;+1/p-1/b2-1+;. The summed E-state index contributed by atoms with van der Waals surface area (Å²) in [5.41, 5.74) is 0.00663. The van der Waals surface area contributed by atoms with Crippen LogP contribution in [0.15, 0.2) is 5.41 Å². The Morgan fingerprint density at radius 1 is 0.833 bits per heavy atom. The summed E-state index contributed by atoms with van der Waals surface area (Å²) in [6.45, 7) is 0. The van der Waals surface area contributed by atoms with Gasteiger partial charge in [0.2, 0.25) is 0 Å². The van der Waals surface area contributed by atoms with Crippen LogP contribution in [-0.2, 0) is 10.1 Å². The van der Waals surface area contributed by atoms with Gasteiger partial charge in [0.15, 0.2) is 0 Å². The van der Waals surface area contributed by atoms with Crippen molar-refractivity contribution < 1.29 is 42.5 Å². The van der Waals surface area contributed by atoms with Crippen LogP contribution in [0.25, 0.3) is 6.08 Å². The van der Waals surface area contributed by atoms with Gasteiger partial charge in [0, 0.05) is 11.0 Å². The van der Waals surface area contributed by atoms with E-state index in [1.54, 1.807) is 0 Å². The first-order chi connectivity index (χ1) is 7.65. The monoisotopic (exact) mass is 376 g/mol. The van der Waals surface area contributed by atoms with Gasteiger partial charge in [-0.05, 0) is 6.08 Å². The summed E-state index contributed by atoms with van der Waals surface area (Å²) >= 11 is 28.8. The Kier molecular flexibility index (Phi) is 7.90. The van der Waals surface area contributed by atoms with Gasteiger partial charge in [-0.3, -0.25) is 0 Å². The van der Waals surface area contributed by atoms with Gasteiger partial charge in [0.1, 0.15) is 10.1 Å².